The van der Waals surface area contributed by atoms with Crippen molar-refractivity contribution >= 4 is 11.2 Å². The molecule has 5 heteroatoms. The van der Waals surface area contributed by atoms with Gasteiger partial charge in [-0.3, -0.25) is 0 Å². The average molecular weight is 319 g/mol. The third kappa shape index (κ3) is 2.82. The highest BCUT2D eigenvalue weighted by atomic mass is 15.2. The molecule has 3 aromatic heterocycles. The van der Waals surface area contributed by atoms with Crippen molar-refractivity contribution in [2.24, 2.45) is 5.92 Å². The number of hydrogen-bond donors (Lipinski definition) is 0. The van der Waals surface area contributed by atoms with Gasteiger partial charge in [-0.15, -0.1) is 0 Å². The molecule has 0 aliphatic heterocycles. The molecule has 24 heavy (non-hydrogen) atoms. The topological polar surface area (TPSA) is 56.0 Å². The first-order chi connectivity index (χ1) is 11.7. The molecule has 3 aromatic rings. The van der Waals surface area contributed by atoms with Crippen LogP contribution in [0.5, 0.6) is 0 Å². The molecular weight excluding hydrogens is 298 g/mol. The van der Waals surface area contributed by atoms with E-state index in [4.69, 9.17) is 9.97 Å². The van der Waals surface area contributed by atoms with Crippen molar-refractivity contribution in [2.75, 3.05) is 0 Å². The molecule has 4 rings (SSSR count). The van der Waals surface area contributed by atoms with E-state index < -0.39 is 0 Å². The maximum Gasteiger partial charge on any atom is 0.155 e. The lowest BCUT2D eigenvalue weighted by molar-refractivity contribution is 0.616. The third-order valence-electron chi connectivity index (χ3n) is 4.30. The van der Waals surface area contributed by atoms with Gasteiger partial charge < -0.3 is 0 Å². The van der Waals surface area contributed by atoms with E-state index in [0.29, 0.717) is 5.92 Å². The number of rotatable bonds is 3. The molecule has 0 N–H and O–H groups in total. The van der Waals surface area contributed by atoms with E-state index in [1.165, 1.54) is 0 Å². The lowest BCUT2D eigenvalue weighted by Gasteiger charge is -2.12. The smallest absolute Gasteiger partial charge is 0.155 e. The molecule has 0 bridgehead atoms. The summed E-state index contributed by atoms with van der Waals surface area (Å²) in [6, 6.07) is 3.94. The lowest BCUT2D eigenvalue weighted by atomic mass is 10.0. The van der Waals surface area contributed by atoms with Crippen LogP contribution in [0.1, 0.15) is 49.5 Å². The van der Waals surface area contributed by atoms with Gasteiger partial charge in [-0.2, -0.15) is 5.10 Å². The van der Waals surface area contributed by atoms with Crippen LogP contribution in [0, 0.1) is 5.92 Å². The van der Waals surface area contributed by atoms with E-state index in [1.54, 1.807) is 10.7 Å². The Hall–Kier alpha value is -2.56. The summed E-state index contributed by atoms with van der Waals surface area (Å²) < 4.78 is 1.78. The lowest BCUT2D eigenvalue weighted by Crippen LogP contribution is -2.07. The molecule has 1 aliphatic carbocycles. The van der Waals surface area contributed by atoms with Gasteiger partial charge in [0.05, 0.1) is 17.6 Å². The molecule has 0 spiro atoms. The summed E-state index contributed by atoms with van der Waals surface area (Å²) in [5.41, 5.74) is 5.24. The van der Waals surface area contributed by atoms with Crippen molar-refractivity contribution in [3.8, 4) is 0 Å². The fourth-order valence-electron chi connectivity index (χ4n) is 3.17. The molecule has 0 atom stereocenters. The quantitative estimate of drug-likeness (QED) is 0.741. The van der Waals surface area contributed by atoms with E-state index in [1.807, 2.05) is 24.5 Å². The Morgan fingerprint density at radius 2 is 2.12 bits per heavy atom. The molecule has 0 aromatic carbocycles. The largest absolute Gasteiger partial charge is 0.241 e. The summed E-state index contributed by atoms with van der Waals surface area (Å²) in [7, 11) is 0. The van der Waals surface area contributed by atoms with Gasteiger partial charge in [-0.05, 0) is 31.2 Å². The van der Waals surface area contributed by atoms with Crippen LogP contribution >= 0.6 is 0 Å². The summed E-state index contributed by atoms with van der Waals surface area (Å²) in [5.74, 6) is 1.51. The third-order valence-corrected chi connectivity index (χ3v) is 4.30. The standard InChI is InChI=1S/C19H21N5/c1-13(2)11-18-20-12-15-14(5-3-4-6-16(15)22-18)17-8-10-24-19(23-17)7-9-21-24/h5,7-10,12-13H,3-4,6,11H2,1-2H3. The van der Waals surface area contributed by atoms with Crippen LogP contribution in [0.3, 0.4) is 0 Å². The number of nitrogens with zero attached hydrogens (tertiary/aromatic N) is 5. The molecule has 0 unspecified atom stereocenters. The van der Waals surface area contributed by atoms with Crippen LogP contribution < -0.4 is 0 Å². The van der Waals surface area contributed by atoms with Crippen LogP contribution in [0.2, 0.25) is 0 Å². The van der Waals surface area contributed by atoms with Crippen molar-refractivity contribution in [1.82, 2.24) is 24.6 Å². The van der Waals surface area contributed by atoms with Crippen molar-refractivity contribution in [3.63, 3.8) is 0 Å². The SMILES string of the molecule is CC(C)Cc1ncc2c(n1)CCCC=C2c1ccn2nccc2n1. The maximum absolute atomic E-state index is 4.84. The minimum Gasteiger partial charge on any atom is -0.241 e. The highest BCUT2D eigenvalue weighted by Gasteiger charge is 2.17. The van der Waals surface area contributed by atoms with Gasteiger partial charge in [0, 0.05) is 36.0 Å². The highest BCUT2D eigenvalue weighted by molar-refractivity contribution is 5.79. The first kappa shape index (κ1) is 15.0. The summed E-state index contributed by atoms with van der Waals surface area (Å²) in [5, 5.41) is 4.22. The van der Waals surface area contributed by atoms with Crippen LogP contribution in [0.25, 0.3) is 11.2 Å². The van der Waals surface area contributed by atoms with Crippen LogP contribution in [-0.4, -0.2) is 24.6 Å². The molecule has 5 nitrogen and oxygen atoms in total. The Morgan fingerprint density at radius 1 is 1.21 bits per heavy atom. The van der Waals surface area contributed by atoms with Gasteiger partial charge in [0.25, 0.3) is 0 Å². The minimum absolute atomic E-state index is 0.565. The molecule has 122 valence electrons. The second kappa shape index (κ2) is 6.15. The zero-order chi connectivity index (χ0) is 16.5. The number of hydrogen-bond acceptors (Lipinski definition) is 4. The van der Waals surface area contributed by atoms with Gasteiger partial charge >= 0.3 is 0 Å². The van der Waals surface area contributed by atoms with Crippen LogP contribution in [0.15, 0.2) is 36.8 Å². The molecular formula is C19H21N5. The second-order valence-electron chi connectivity index (χ2n) is 6.70. The number of aromatic nitrogens is 5. The van der Waals surface area contributed by atoms with Crippen molar-refractivity contribution in [3.05, 3.63) is 59.6 Å². The predicted octanol–water partition coefficient (Wildman–Crippen LogP) is 3.49. The molecule has 0 saturated heterocycles. The Balaban J connectivity index is 1.78. The summed E-state index contributed by atoms with van der Waals surface area (Å²) in [4.78, 5) is 14.2. The average Bonchev–Trinajstić information content (AvgIpc) is 2.93. The highest BCUT2D eigenvalue weighted by Crippen LogP contribution is 2.29. The maximum atomic E-state index is 4.84. The first-order valence-electron chi connectivity index (χ1n) is 8.57. The number of aryl methyl sites for hydroxylation is 1. The van der Waals surface area contributed by atoms with Crippen molar-refractivity contribution in [2.45, 2.75) is 39.5 Å². The van der Waals surface area contributed by atoms with E-state index in [0.717, 1.165) is 59.7 Å². The summed E-state index contributed by atoms with van der Waals surface area (Å²) in [6.07, 6.45) is 12.1. The monoisotopic (exact) mass is 319 g/mol. The van der Waals surface area contributed by atoms with E-state index in [-0.39, 0.29) is 0 Å². The van der Waals surface area contributed by atoms with E-state index in [9.17, 15) is 0 Å². The first-order valence-corrected chi connectivity index (χ1v) is 8.57. The van der Waals surface area contributed by atoms with Gasteiger partial charge in [-0.25, -0.2) is 19.5 Å². The van der Waals surface area contributed by atoms with Crippen LogP contribution in [-0.2, 0) is 12.8 Å². The zero-order valence-electron chi connectivity index (χ0n) is 14.1. The van der Waals surface area contributed by atoms with Crippen molar-refractivity contribution in [1.29, 1.82) is 0 Å². The summed E-state index contributed by atoms with van der Waals surface area (Å²) >= 11 is 0. The molecule has 0 fully saturated rings. The van der Waals surface area contributed by atoms with Gasteiger partial charge in [-0.1, -0.05) is 19.9 Å². The number of fused-ring (bicyclic) bond motifs is 2. The molecule has 0 amide bonds. The molecule has 1 aliphatic rings. The van der Waals surface area contributed by atoms with Gasteiger partial charge in [0.2, 0.25) is 0 Å². The fourth-order valence-corrected chi connectivity index (χ4v) is 3.17. The summed E-state index contributed by atoms with van der Waals surface area (Å²) in [6.45, 7) is 4.40. The second-order valence-corrected chi connectivity index (χ2v) is 6.70. The molecule has 3 heterocycles. The van der Waals surface area contributed by atoms with E-state index >= 15 is 0 Å². The van der Waals surface area contributed by atoms with Gasteiger partial charge in [0.15, 0.2) is 5.65 Å². The fraction of sp³-hybridized carbons (Fsp3) is 0.368. The Morgan fingerprint density at radius 3 is 3.00 bits per heavy atom. The Labute approximate surface area is 141 Å². The van der Waals surface area contributed by atoms with E-state index in [2.05, 4.69) is 30.0 Å². The molecule has 0 radical (unpaired) electrons. The van der Waals surface area contributed by atoms with Gasteiger partial charge in [0.1, 0.15) is 5.82 Å². The Kier molecular flexibility index (Phi) is 3.84. The van der Waals surface area contributed by atoms with Crippen molar-refractivity contribution < 1.29 is 0 Å². The predicted molar refractivity (Wildman–Crippen MR) is 93.6 cm³/mol. The van der Waals surface area contributed by atoms with Crippen LogP contribution in [0.4, 0.5) is 0 Å². The minimum atomic E-state index is 0.565. The number of allylic oxidation sites excluding steroid dienone is 1. The Bertz CT molecular complexity index is 907. The normalized spacial score (nSPS) is 14.5. The molecule has 0 saturated carbocycles. The zero-order valence-corrected chi connectivity index (χ0v) is 14.1.